The summed E-state index contributed by atoms with van der Waals surface area (Å²) in [5, 5.41) is 5.26. The highest BCUT2D eigenvalue weighted by molar-refractivity contribution is 5.94. The number of hydrogen-bond donors (Lipinski definition) is 1. The molecule has 9 nitrogen and oxygen atoms in total. The Morgan fingerprint density at radius 2 is 1.92 bits per heavy atom. The molecule has 5 heterocycles. The number of nitrogens with one attached hydrogen (secondary N) is 1. The Bertz CT molecular complexity index is 1590. The van der Waals surface area contributed by atoms with Crippen LogP contribution in [0.4, 0.5) is 4.79 Å². The number of nitrogens with zero attached hydrogens (tertiary/aromatic N) is 5. The Labute approximate surface area is 227 Å². The normalized spacial score (nSPS) is 17.2. The fourth-order valence-corrected chi connectivity index (χ4v) is 5.79. The van der Waals surface area contributed by atoms with E-state index in [0.29, 0.717) is 25.2 Å². The minimum atomic E-state index is -0.573. The first kappa shape index (κ1) is 25.2. The largest absolute Gasteiger partial charge is 0.444 e. The second-order valence-electron chi connectivity index (χ2n) is 11.7. The van der Waals surface area contributed by atoms with E-state index in [1.165, 1.54) is 0 Å². The molecule has 3 aromatic heterocycles. The number of aromatic amines is 1. The fourth-order valence-electron chi connectivity index (χ4n) is 5.79. The maximum Gasteiger partial charge on any atom is 0.410 e. The molecule has 2 amide bonds. The maximum atomic E-state index is 13.4. The monoisotopic (exact) mass is 526 g/mol. The number of aromatic nitrogens is 4. The lowest BCUT2D eigenvalue weighted by Gasteiger charge is -2.30. The van der Waals surface area contributed by atoms with E-state index in [1.807, 2.05) is 50.0 Å². The molecule has 9 heteroatoms. The molecule has 1 atom stereocenters. The number of likely N-dealkylation sites (tertiary alicyclic amines) is 1. The zero-order valence-electron chi connectivity index (χ0n) is 23.1. The number of amides is 2. The number of H-pyrrole nitrogens is 1. The van der Waals surface area contributed by atoms with Crippen LogP contribution in [-0.2, 0) is 24.9 Å². The van der Waals surface area contributed by atoms with Gasteiger partial charge in [0.15, 0.2) is 0 Å². The van der Waals surface area contributed by atoms with Gasteiger partial charge in [-0.2, -0.15) is 5.10 Å². The highest BCUT2D eigenvalue weighted by Crippen LogP contribution is 2.41. The number of fused-ring (bicyclic) bond motifs is 2. The molecule has 1 N–H and O–H groups in total. The Balaban J connectivity index is 1.42. The number of benzene rings is 1. The van der Waals surface area contributed by atoms with E-state index in [1.54, 1.807) is 17.1 Å². The molecule has 202 valence electrons. The Kier molecular flexibility index (Phi) is 5.97. The molecular formula is C30H34N6O3. The summed E-state index contributed by atoms with van der Waals surface area (Å²) in [5.41, 5.74) is 7.33. The summed E-state index contributed by atoms with van der Waals surface area (Å²) in [5.74, 6) is -0.0479. The number of ether oxygens (including phenoxy) is 1. The molecule has 1 saturated heterocycles. The molecule has 1 unspecified atom stereocenters. The van der Waals surface area contributed by atoms with Gasteiger partial charge < -0.3 is 19.5 Å². The SMILES string of the molecule is Cc1c[nH]c2ncc(-c3cc4c(c(C5CCCN5C(=O)OC(C)(C)C)c3)CN(C(=O)c3cnn(C)c3)C4)cc12. The molecule has 1 fully saturated rings. The standard InChI is InChI=1S/C30H34N6O3/c1-18-12-31-27-23(18)11-20(13-32-27)19-9-21-16-35(28(37)22-14-33-34(5)15-22)17-25(21)24(10-19)26-7-6-8-36(26)29(38)39-30(2,3)4/h9-15,26H,6-8,16-17H2,1-5H3,(H,31,32). The number of carbonyl (C=O) groups excluding carboxylic acids is 2. The lowest BCUT2D eigenvalue weighted by molar-refractivity contribution is 0.0223. The van der Waals surface area contributed by atoms with Crippen LogP contribution in [0.1, 0.15) is 72.3 Å². The summed E-state index contributed by atoms with van der Waals surface area (Å²) in [6, 6.07) is 6.41. The van der Waals surface area contributed by atoms with Crippen molar-refractivity contribution in [2.24, 2.45) is 7.05 Å². The summed E-state index contributed by atoms with van der Waals surface area (Å²) in [6.07, 6.45) is 8.66. The van der Waals surface area contributed by atoms with Crippen molar-refractivity contribution in [1.29, 1.82) is 0 Å². The number of aryl methyl sites for hydroxylation is 2. The predicted octanol–water partition coefficient (Wildman–Crippen LogP) is 5.50. The molecule has 0 saturated carbocycles. The third-order valence-electron chi connectivity index (χ3n) is 7.64. The van der Waals surface area contributed by atoms with Crippen LogP contribution in [0.15, 0.2) is 43.0 Å². The molecule has 2 aliphatic heterocycles. The Morgan fingerprint density at radius 1 is 1.10 bits per heavy atom. The smallest absolute Gasteiger partial charge is 0.410 e. The van der Waals surface area contributed by atoms with Crippen LogP contribution < -0.4 is 0 Å². The van der Waals surface area contributed by atoms with Gasteiger partial charge in [0.25, 0.3) is 5.91 Å². The Hall–Kier alpha value is -4.14. The average molecular weight is 527 g/mol. The first-order chi connectivity index (χ1) is 18.6. The summed E-state index contributed by atoms with van der Waals surface area (Å²) in [7, 11) is 1.81. The molecule has 0 aliphatic carbocycles. The van der Waals surface area contributed by atoms with Crippen LogP contribution in [0, 0.1) is 6.92 Å². The van der Waals surface area contributed by atoms with Crippen LogP contribution in [0.5, 0.6) is 0 Å². The van der Waals surface area contributed by atoms with Gasteiger partial charge in [-0.15, -0.1) is 0 Å². The van der Waals surface area contributed by atoms with Gasteiger partial charge in [0, 0.05) is 56.2 Å². The number of rotatable bonds is 3. The molecule has 0 bridgehead atoms. The van der Waals surface area contributed by atoms with E-state index in [9.17, 15) is 9.59 Å². The maximum absolute atomic E-state index is 13.4. The zero-order valence-corrected chi connectivity index (χ0v) is 23.1. The predicted molar refractivity (Wildman–Crippen MR) is 148 cm³/mol. The van der Waals surface area contributed by atoms with Crippen LogP contribution in [-0.4, -0.2) is 53.7 Å². The minimum Gasteiger partial charge on any atom is -0.444 e. The first-order valence-corrected chi connectivity index (χ1v) is 13.4. The molecule has 0 spiro atoms. The molecule has 4 aromatic rings. The van der Waals surface area contributed by atoms with Gasteiger partial charge in [-0.25, -0.2) is 9.78 Å². The summed E-state index contributed by atoms with van der Waals surface area (Å²) in [4.78, 5) is 38.2. The second kappa shape index (κ2) is 9.25. The van der Waals surface area contributed by atoms with E-state index >= 15 is 0 Å². The highest BCUT2D eigenvalue weighted by atomic mass is 16.6. The van der Waals surface area contributed by atoms with Crippen molar-refractivity contribution in [3.63, 3.8) is 0 Å². The van der Waals surface area contributed by atoms with Crippen molar-refractivity contribution in [1.82, 2.24) is 29.5 Å². The van der Waals surface area contributed by atoms with Crippen molar-refractivity contribution in [3.05, 3.63) is 70.8 Å². The van der Waals surface area contributed by atoms with E-state index in [0.717, 1.165) is 57.3 Å². The van der Waals surface area contributed by atoms with E-state index in [-0.39, 0.29) is 18.0 Å². The summed E-state index contributed by atoms with van der Waals surface area (Å²) in [6.45, 7) is 9.38. The highest BCUT2D eigenvalue weighted by Gasteiger charge is 2.37. The van der Waals surface area contributed by atoms with Gasteiger partial charge >= 0.3 is 6.09 Å². The van der Waals surface area contributed by atoms with Gasteiger partial charge in [0.2, 0.25) is 0 Å². The Morgan fingerprint density at radius 3 is 2.67 bits per heavy atom. The molecule has 39 heavy (non-hydrogen) atoms. The van der Waals surface area contributed by atoms with E-state index in [2.05, 4.69) is 40.2 Å². The third-order valence-corrected chi connectivity index (χ3v) is 7.64. The van der Waals surface area contributed by atoms with Crippen molar-refractivity contribution in [3.8, 4) is 11.1 Å². The fraction of sp³-hybridized carbons (Fsp3) is 0.400. The molecule has 0 radical (unpaired) electrons. The molecule has 6 rings (SSSR count). The summed E-state index contributed by atoms with van der Waals surface area (Å²) < 4.78 is 7.42. The number of pyridine rings is 1. The van der Waals surface area contributed by atoms with Crippen molar-refractivity contribution in [2.45, 2.75) is 65.3 Å². The number of hydrogen-bond acceptors (Lipinski definition) is 5. The minimum absolute atomic E-state index is 0.0479. The van der Waals surface area contributed by atoms with Gasteiger partial charge in [-0.05, 0) is 86.6 Å². The van der Waals surface area contributed by atoms with E-state index in [4.69, 9.17) is 4.74 Å². The van der Waals surface area contributed by atoms with Crippen molar-refractivity contribution >= 4 is 23.0 Å². The van der Waals surface area contributed by atoms with Crippen LogP contribution >= 0.6 is 0 Å². The zero-order chi connectivity index (χ0) is 27.5. The topological polar surface area (TPSA) is 96.3 Å². The summed E-state index contributed by atoms with van der Waals surface area (Å²) >= 11 is 0. The average Bonchev–Trinajstić information content (AvgIpc) is 3.68. The third kappa shape index (κ3) is 4.66. The molecule has 1 aromatic carbocycles. The first-order valence-electron chi connectivity index (χ1n) is 13.4. The second-order valence-corrected chi connectivity index (χ2v) is 11.7. The number of carbonyl (C=O) groups is 2. The van der Waals surface area contributed by atoms with Gasteiger partial charge in [0.1, 0.15) is 11.2 Å². The lowest BCUT2D eigenvalue weighted by atomic mass is 9.91. The van der Waals surface area contributed by atoms with Gasteiger partial charge in [0.05, 0.1) is 17.8 Å². The van der Waals surface area contributed by atoms with Gasteiger partial charge in [-0.1, -0.05) is 0 Å². The quantitative estimate of drug-likeness (QED) is 0.380. The lowest BCUT2D eigenvalue weighted by Crippen LogP contribution is -2.36. The molecular weight excluding hydrogens is 492 g/mol. The van der Waals surface area contributed by atoms with Gasteiger partial charge in [-0.3, -0.25) is 9.48 Å². The molecule has 2 aliphatic rings. The van der Waals surface area contributed by atoms with E-state index < -0.39 is 5.60 Å². The van der Waals surface area contributed by atoms with Crippen LogP contribution in [0.25, 0.3) is 22.2 Å². The van der Waals surface area contributed by atoms with Crippen molar-refractivity contribution < 1.29 is 14.3 Å². The van der Waals surface area contributed by atoms with Crippen molar-refractivity contribution in [2.75, 3.05) is 6.54 Å². The van der Waals surface area contributed by atoms with Crippen LogP contribution in [0.2, 0.25) is 0 Å². The van der Waals surface area contributed by atoms with Crippen LogP contribution in [0.3, 0.4) is 0 Å².